The van der Waals surface area contributed by atoms with Gasteiger partial charge in [-0.05, 0) is 38.8 Å². The van der Waals surface area contributed by atoms with E-state index in [2.05, 4.69) is 52.8 Å². The lowest BCUT2D eigenvalue weighted by molar-refractivity contribution is -0.120. The summed E-state index contributed by atoms with van der Waals surface area (Å²) >= 11 is 1.34. The Balaban J connectivity index is 1.58. The molecule has 32 heavy (non-hydrogen) atoms. The maximum absolute atomic E-state index is 12.7. The van der Waals surface area contributed by atoms with Crippen LogP contribution in [0.1, 0.15) is 43.2 Å². The third kappa shape index (κ3) is 4.86. The molecule has 1 N–H and O–H groups in total. The zero-order valence-electron chi connectivity index (χ0n) is 18.5. The van der Waals surface area contributed by atoms with Crippen molar-refractivity contribution in [1.29, 1.82) is 5.26 Å². The van der Waals surface area contributed by atoms with Crippen LogP contribution in [0.15, 0.2) is 53.7 Å². The van der Waals surface area contributed by atoms with Crippen LogP contribution in [0.5, 0.6) is 0 Å². The quantitative estimate of drug-likeness (QED) is 0.541. The topological polar surface area (TPSA) is 83.6 Å². The molecule has 1 aliphatic carbocycles. The molecule has 0 aliphatic heterocycles. The van der Waals surface area contributed by atoms with Crippen LogP contribution in [-0.4, -0.2) is 32.0 Å². The van der Waals surface area contributed by atoms with Crippen molar-refractivity contribution in [2.24, 2.45) is 0 Å². The van der Waals surface area contributed by atoms with Crippen LogP contribution >= 0.6 is 11.8 Å². The highest BCUT2D eigenvalue weighted by Gasteiger charge is 2.33. The van der Waals surface area contributed by atoms with Gasteiger partial charge in [-0.15, -0.1) is 10.2 Å². The number of nitrogens with zero attached hydrogens (tertiary/aromatic N) is 4. The van der Waals surface area contributed by atoms with E-state index in [-0.39, 0.29) is 11.7 Å². The van der Waals surface area contributed by atoms with Crippen molar-refractivity contribution in [3.63, 3.8) is 0 Å². The van der Waals surface area contributed by atoms with Gasteiger partial charge < -0.3 is 5.32 Å². The van der Waals surface area contributed by atoms with E-state index < -0.39 is 5.54 Å². The summed E-state index contributed by atoms with van der Waals surface area (Å²) in [6.07, 6.45) is 4.51. The predicted octanol–water partition coefficient (Wildman–Crippen LogP) is 4.99. The molecule has 1 saturated carbocycles. The lowest BCUT2D eigenvalue weighted by atomic mass is 9.83. The minimum atomic E-state index is -0.729. The van der Waals surface area contributed by atoms with Gasteiger partial charge in [0.2, 0.25) is 5.91 Å². The van der Waals surface area contributed by atoms with Gasteiger partial charge in [-0.2, -0.15) is 5.26 Å². The normalized spacial score (nSPS) is 15.2. The number of hydrogen-bond donors (Lipinski definition) is 1. The molecule has 1 heterocycles. The van der Waals surface area contributed by atoms with Crippen LogP contribution < -0.4 is 5.32 Å². The molecule has 0 spiro atoms. The van der Waals surface area contributed by atoms with Crippen LogP contribution in [0.25, 0.3) is 17.1 Å². The number of rotatable bonds is 6. The first-order valence-corrected chi connectivity index (χ1v) is 11.9. The third-order valence-electron chi connectivity index (χ3n) is 5.87. The van der Waals surface area contributed by atoms with Gasteiger partial charge in [0.05, 0.1) is 11.8 Å². The summed E-state index contributed by atoms with van der Waals surface area (Å²) in [5.74, 6) is 0.771. The molecule has 164 valence electrons. The molecule has 1 aromatic heterocycles. The highest BCUT2D eigenvalue weighted by atomic mass is 32.2. The summed E-state index contributed by atoms with van der Waals surface area (Å²) < 4.78 is 1.99. The molecule has 7 heteroatoms. The molecule has 0 bridgehead atoms. The van der Waals surface area contributed by atoms with E-state index in [1.165, 1.54) is 22.9 Å². The van der Waals surface area contributed by atoms with Gasteiger partial charge in [0.1, 0.15) is 5.54 Å². The highest BCUT2D eigenvalue weighted by molar-refractivity contribution is 7.99. The second-order valence-electron chi connectivity index (χ2n) is 8.43. The molecule has 0 unspecified atom stereocenters. The monoisotopic (exact) mass is 445 g/mol. The molecule has 0 saturated heterocycles. The second kappa shape index (κ2) is 9.58. The Labute approximate surface area is 193 Å². The van der Waals surface area contributed by atoms with Crippen molar-refractivity contribution in [2.75, 3.05) is 5.75 Å². The Bertz CT molecular complexity index is 1120. The van der Waals surface area contributed by atoms with Crippen molar-refractivity contribution < 1.29 is 4.79 Å². The van der Waals surface area contributed by atoms with Crippen LogP contribution in [0.2, 0.25) is 0 Å². The fourth-order valence-electron chi connectivity index (χ4n) is 4.03. The van der Waals surface area contributed by atoms with Gasteiger partial charge in [-0.1, -0.05) is 78.5 Å². The number of nitriles is 1. The number of aryl methyl sites for hydroxylation is 2. The minimum Gasteiger partial charge on any atom is -0.337 e. The number of carbonyl (C=O) groups excluding carboxylic acids is 1. The Morgan fingerprint density at radius 2 is 1.66 bits per heavy atom. The summed E-state index contributed by atoms with van der Waals surface area (Å²) in [5, 5.41) is 22.1. The summed E-state index contributed by atoms with van der Waals surface area (Å²) in [5.41, 5.74) is 3.52. The lowest BCUT2D eigenvalue weighted by Crippen LogP contribution is -2.49. The molecule has 1 amide bonds. The number of amides is 1. The standard InChI is InChI=1S/C25H27N5OS/c1-18-6-10-20(11-7-18)23-28-29-24(30(23)21-12-8-19(2)9-13-21)32-16-22(31)27-25(17-26)14-4-3-5-15-25/h6-13H,3-5,14-16H2,1-2H3,(H,27,31). The van der Waals surface area contributed by atoms with E-state index in [4.69, 9.17) is 0 Å². The first kappa shape index (κ1) is 22.1. The van der Waals surface area contributed by atoms with Crippen LogP contribution in [0.4, 0.5) is 0 Å². The van der Waals surface area contributed by atoms with Crippen molar-refractivity contribution in [3.05, 3.63) is 59.7 Å². The van der Waals surface area contributed by atoms with Crippen molar-refractivity contribution in [1.82, 2.24) is 20.1 Å². The zero-order chi connectivity index (χ0) is 22.6. The average molecular weight is 446 g/mol. The largest absolute Gasteiger partial charge is 0.337 e. The Morgan fingerprint density at radius 3 is 2.28 bits per heavy atom. The van der Waals surface area contributed by atoms with Gasteiger partial charge in [0.15, 0.2) is 11.0 Å². The Kier molecular flexibility index (Phi) is 6.61. The van der Waals surface area contributed by atoms with E-state index in [0.29, 0.717) is 5.16 Å². The van der Waals surface area contributed by atoms with Gasteiger partial charge in [0.25, 0.3) is 0 Å². The lowest BCUT2D eigenvalue weighted by Gasteiger charge is -2.31. The third-order valence-corrected chi connectivity index (χ3v) is 6.80. The first-order chi connectivity index (χ1) is 15.5. The van der Waals surface area contributed by atoms with Crippen LogP contribution in [0.3, 0.4) is 0 Å². The van der Waals surface area contributed by atoms with E-state index in [9.17, 15) is 10.1 Å². The molecular weight excluding hydrogens is 418 g/mol. The van der Waals surface area contributed by atoms with E-state index in [1.54, 1.807) is 0 Å². The Hall–Kier alpha value is -3.11. The van der Waals surface area contributed by atoms with Crippen LogP contribution in [0, 0.1) is 25.2 Å². The van der Waals surface area contributed by atoms with Gasteiger partial charge in [-0.25, -0.2) is 0 Å². The molecule has 6 nitrogen and oxygen atoms in total. The molecule has 0 radical (unpaired) electrons. The average Bonchev–Trinajstić information content (AvgIpc) is 3.23. The summed E-state index contributed by atoms with van der Waals surface area (Å²) in [4.78, 5) is 12.7. The molecular formula is C25H27N5OS. The summed E-state index contributed by atoms with van der Waals surface area (Å²) in [6.45, 7) is 4.10. The van der Waals surface area contributed by atoms with Crippen LogP contribution in [-0.2, 0) is 4.79 Å². The predicted molar refractivity (Wildman–Crippen MR) is 127 cm³/mol. The highest BCUT2D eigenvalue weighted by Crippen LogP contribution is 2.30. The van der Waals surface area contributed by atoms with E-state index >= 15 is 0 Å². The number of nitrogens with one attached hydrogen (secondary N) is 1. The fourth-order valence-corrected chi connectivity index (χ4v) is 4.78. The number of carbonyl (C=O) groups is 1. The van der Waals surface area contributed by atoms with Crippen molar-refractivity contribution in [3.8, 4) is 23.1 Å². The Morgan fingerprint density at radius 1 is 1.03 bits per heavy atom. The molecule has 0 atom stereocenters. The minimum absolute atomic E-state index is 0.145. The van der Waals surface area contributed by atoms with E-state index in [0.717, 1.165) is 49.2 Å². The smallest absolute Gasteiger partial charge is 0.231 e. The molecule has 2 aromatic carbocycles. The number of thioether (sulfide) groups is 1. The fraction of sp³-hybridized carbons (Fsp3) is 0.360. The SMILES string of the molecule is Cc1ccc(-c2nnc(SCC(=O)NC3(C#N)CCCCC3)n2-c2ccc(C)cc2)cc1. The number of benzene rings is 2. The molecule has 1 fully saturated rings. The van der Waals surface area contributed by atoms with E-state index in [1.807, 2.05) is 35.8 Å². The van der Waals surface area contributed by atoms with Gasteiger partial charge in [-0.3, -0.25) is 9.36 Å². The second-order valence-corrected chi connectivity index (χ2v) is 9.38. The number of aromatic nitrogens is 3. The van der Waals surface area contributed by atoms with Gasteiger partial charge in [0, 0.05) is 11.3 Å². The maximum atomic E-state index is 12.7. The van der Waals surface area contributed by atoms with Crippen molar-refractivity contribution >= 4 is 17.7 Å². The van der Waals surface area contributed by atoms with Crippen molar-refractivity contribution in [2.45, 2.75) is 56.6 Å². The summed E-state index contributed by atoms with van der Waals surface area (Å²) in [7, 11) is 0. The maximum Gasteiger partial charge on any atom is 0.231 e. The zero-order valence-corrected chi connectivity index (χ0v) is 19.3. The number of hydrogen-bond acceptors (Lipinski definition) is 5. The first-order valence-electron chi connectivity index (χ1n) is 10.9. The van der Waals surface area contributed by atoms with Gasteiger partial charge >= 0.3 is 0 Å². The molecule has 3 aromatic rings. The molecule has 1 aliphatic rings. The summed E-state index contributed by atoms with van der Waals surface area (Å²) in [6, 6.07) is 18.7. The molecule has 4 rings (SSSR count).